The Morgan fingerprint density at radius 2 is 2.09 bits per heavy atom. The van der Waals surface area contributed by atoms with Gasteiger partial charge in [-0.25, -0.2) is 12.8 Å². The molecule has 3 aromatic rings. The third-order valence-electron chi connectivity index (χ3n) is 5.22. The number of carbonyl (C=O) groups excluding carboxylic acids is 1. The minimum atomic E-state index is -3.85. The van der Waals surface area contributed by atoms with Crippen molar-refractivity contribution in [2.45, 2.75) is 36.1 Å². The predicted octanol–water partition coefficient (Wildman–Crippen LogP) is 4.59. The molecule has 1 fully saturated rings. The van der Waals surface area contributed by atoms with Gasteiger partial charge in [-0.1, -0.05) is 29.4 Å². The van der Waals surface area contributed by atoms with Gasteiger partial charge in [-0.3, -0.25) is 4.79 Å². The largest absolute Gasteiger partial charge is 0.316 e. The summed E-state index contributed by atoms with van der Waals surface area (Å²) < 4.78 is 44.5. The van der Waals surface area contributed by atoms with Gasteiger partial charge in [0.15, 0.2) is 4.80 Å². The average molecular weight is 534 g/mol. The van der Waals surface area contributed by atoms with Crippen LogP contribution >= 0.6 is 46.0 Å². The number of sulfonamides is 1. The number of nitrogens with zero attached hydrogens (tertiary/aromatic N) is 3. The molecular formula is C20H21ClFN3O3S4. The second kappa shape index (κ2) is 9.94. The van der Waals surface area contributed by atoms with Crippen molar-refractivity contribution in [3.8, 4) is 0 Å². The number of aromatic nitrogens is 1. The number of thioether (sulfide) groups is 1. The van der Waals surface area contributed by atoms with Crippen LogP contribution in [0, 0.1) is 5.82 Å². The molecule has 1 unspecified atom stereocenters. The van der Waals surface area contributed by atoms with Crippen molar-refractivity contribution in [2.75, 3.05) is 18.6 Å². The van der Waals surface area contributed by atoms with E-state index < -0.39 is 22.0 Å². The van der Waals surface area contributed by atoms with Crippen LogP contribution in [0.2, 0.25) is 4.34 Å². The Balaban J connectivity index is 1.73. The third-order valence-corrected chi connectivity index (χ3v) is 10.5. The number of benzene rings is 1. The highest BCUT2D eigenvalue weighted by atomic mass is 35.5. The first-order valence-electron chi connectivity index (χ1n) is 9.95. The van der Waals surface area contributed by atoms with Crippen LogP contribution in [0.4, 0.5) is 4.39 Å². The fourth-order valence-corrected chi connectivity index (χ4v) is 8.41. The molecule has 1 saturated heterocycles. The molecule has 1 amide bonds. The molecule has 12 heteroatoms. The van der Waals surface area contributed by atoms with Gasteiger partial charge >= 0.3 is 0 Å². The number of aryl methyl sites for hydroxylation is 1. The molecule has 32 heavy (non-hydrogen) atoms. The first kappa shape index (κ1) is 23.9. The molecule has 0 spiro atoms. The van der Waals surface area contributed by atoms with Gasteiger partial charge in [-0.2, -0.15) is 21.1 Å². The van der Waals surface area contributed by atoms with Crippen molar-refractivity contribution >= 4 is 72.2 Å². The van der Waals surface area contributed by atoms with Crippen molar-refractivity contribution in [3.63, 3.8) is 0 Å². The van der Waals surface area contributed by atoms with E-state index >= 15 is 0 Å². The molecule has 6 nitrogen and oxygen atoms in total. The maximum atomic E-state index is 13.7. The highest BCUT2D eigenvalue weighted by Gasteiger charge is 2.38. The summed E-state index contributed by atoms with van der Waals surface area (Å²) >= 11 is 9.81. The van der Waals surface area contributed by atoms with Crippen molar-refractivity contribution in [1.82, 2.24) is 8.87 Å². The lowest BCUT2D eigenvalue weighted by molar-refractivity contribution is -0.122. The van der Waals surface area contributed by atoms with Gasteiger partial charge in [-0.15, -0.1) is 11.3 Å². The van der Waals surface area contributed by atoms with Crippen LogP contribution in [-0.4, -0.2) is 47.8 Å². The third kappa shape index (κ3) is 4.83. The van der Waals surface area contributed by atoms with E-state index in [4.69, 9.17) is 11.6 Å². The van der Waals surface area contributed by atoms with Crippen molar-refractivity contribution in [2.24, 2.45) is 4.99 Å². The molecule has 0 radical (unpaired) electrons. The van der Waals surface area contributed by atoms with Crippen LogP contribution in [0.1, 0.15) is 19.3 Å². The molecule has 4 rings (SSSR count). The summed E-state index contributed by atoms with van der Waals surface area (Å²) in [5, 5.41) is 0. The standard InChI is InChI=1S/C20H21ClFN3O3S4/c1-29-11-10-24-14-6-5-13(22)12-16(14)30-20(24)23-19(26)15-4-2-3-9-25(15)32(27,28)18-8-7-17(21)31-18/h5-8,12,15H,2-4,9-11H2,1H3. The Kier molecular flexibility index (Phi) is 7.43. The smallest absolute Gasteiger partial charge is 0.266 e. The Labute approximate surface area is 202 Å². The van der Waals surface area contributed by atoms with Crippen LogP contribution in [0.15, 0.2) is 39.5 Å². The zero-order chi connectivity index (χ0) is 22.9. The number of halogens is 2. The monoisotopic (exact) mass is 533 g/mol. The minimum absolute atomic E-state index is 0.120. The summed E-state index contributed by atoms with van der Waals surface area (Å²) in [4.78, 5) is 18.0. The van der Waals surface area contributed by atoms with Gasteiger partial charge in [0.05, 0.1) is 14.6 Å². The molecule has 1 atom stereocenters. The zero-order valence-electron chi connectivity index (χ0n) is 17.2. The molecule has 3 heterocycles. The maximum Gasteiger partial charge on any atom is 0.266 e. The topological polar surface area (TPSA) is 71.7 Å². The number of hydrogen-bond acceptors (Lipinski definition) is 6. The van der Waals surface area contributed by atoms with Crippen LogP contribution < -0.4 is 4.80 Å². The summed E-state index contributed by atoms with van der Waals surface area (Å²) in [6.07, 6.45) is 3.81. The molecule has 1 aliphatic heterocycles. The lowest BCUT2D eigenvalue weighted by Crippen LogP contribution is -2.47. The molecule has 172 valence electrons. The van der Waals surface area contributed by atoms with E-state index in [1.54, 1.807) is 17.8 Å². The number of thiophene rings is 1. The first-order valence-corrected chi connectivity index (χ1v) is 14.8. The van der Waals surface area contributed by atoms with Crippen LogP contribution in [-0.2, 0) is 21.4 Å². The predicted molar refractivity (Wildman–Crippen MR) is 130 cm³/mol. The zero-order valence-corrected chi connectivity index (χ0v) is 21.2. The van der Waals surface area contributed by atoms with E-state index in [1.165, 1.54) is 39.9 Å². The number of carbonyl (C=O) groups is 1. The van der Waals surface area contributed by atoms with Gasteiger partial charge in [0.1, 0.15) is 16.1 Å². The number of piperidine rings is 1. The van der Waals surface area contributed by atoms with Crippen LogP contribution in [0.3, 0.4) is 0 Å². The molecular weight excluding hydrogens is 513 g/mol. The van der Waals surface area contributed by atoms with Gasteiger partial charge in [0, 0.05) is 18.8 Å². The number of fused-ring (bicyclic) bond motifs is 1. The highest BCUT2D eigenvalue weighted by molar-refractivity contribution is 7.98. The normalized spacial score (nSPS) is 18.5. The summed E-state index contributed by atoms with van der Waals surface area (Å²) in [6.45, 7) is 0.868. The van der Waals surface area contributed by atoms with E-state index in [0.717, 1.165) is 29.0 Å². The average Bonchev–Trinajstić information content (AvgIpc) is 3.35. The molecule has 0 aliphatic carbocycles. The van der Waals surface area contributed by atoms with Crippen molar-refractivity contribution < 1.29 is 17.6 Å². The van der Waals surface area contributed by atoms with Crippen molar-refractivity contribution in [3.05, 3.63) is 45.3 Å². The number of rotatable bonds is 6. The van der Waals surface area contributed by atoms with E-state index in [-0.39, 0.29) is 16.6 Å². The van der Waals surface area contributed by atoms with Gasteiger partial charge in [0.2, 0.25) is 0 Å². The van der Waals surface area contributed by atoms with E-state index in [9.17, 15) is 17.6 Å². The summed E-state index contributed by atoms with van der Waals surface area (Å²) in [6, 6.07) is 6.63. The summed E-state index contributed by atoms with van der Waals surface area (Å²) in [5.74, 6) is -0.0538. The molecule has 0 bridgehead atoms. The Hall–Kier alpha value is -1.24. The first-order chi connectivity index (χ1) is 15.3. The van der Waals surface area contributed by atoms with Crippen LogP contribution in [0.25, 0.3) is 10.2 Å². The SMILES string of the molecule is CSCCn1c(=NC(=O)C2CCCCN2S(=O)(=O)c2ccc(Cl)s2)sc2cc(F)ccc21. The highest BCUT2D eigenvalue weighted by Crippen LogP contribution is 2.32. The second-order valence-electron chi connectivity index (χ2n) is 7.28. The number of hydrogen-bond donors (Lipinski definition) is 0. The summed E-state index contributed by atoms with van der Waals surface area (Å²) in [5.41, 5.74) is 0.804. The second-order valence-corrected chi connectivity index (χ2v) is 13.1. The molecule has 1 aliphatic rings. The quantitative estimate of drug-likeness (QED) is 0.464. The Morgan fingerprint density at radius 3 is 2.81 bits per heavy atom. The molecule has 0 N–H and O–H groups in total. The van der Waals surface area contributed by atoms with E-state index in [2.05, 4.69) is 4.99 Å². The fraction of sp³-hybridized carbons (Fsp3) is 0.400. The van der Waals surface area contributed by atoms with E-state index in [1.807, 2.05) is 10.8 Å². The Morgan fingerprint density at radius 1 is 1.28 bits per heavy atom. The Bertz CT molecular complexity index is 1320. The molecule has 2 aromatic heterocycles. The fourth-order valence-electron chi connectivity index (χ4n) is 3.69. The summed E-state index contributed by atoms with van der Waals surface area (Å²) in [7, 11) is -3.85. The lowest BCUT2D eigenvalue weighted by atomic mass is 10.0. The van der Waals surface area contributed by atoms with Gasteiger partial charge in [0.25, 0.3) is 15.9 Å². The van der Waals surface area contributed by atoms with Gasteiger partial charge < -0.3 is 4.57 Å². The number of thiazole rings is 1. The molecule has 1 aromatic carbocycles. The van der Waals surface area contributed by atoms with E-state index in [0.29, 0.717) is 33.2 Å². The minimum Gasteiger partial charge on any atom is -0.316 e. The van der Waals surface area contributed by atoms with Crippen LogP contribution in [0.5, 0.6) is 0 Å². The number of amides is 1. The maximum absolute atomic E-state index is 13.7. The van der Waals surface area contributed by atoms with Gasteiger partial charge in [-0.05, 0) is 49.4 Å². The van der Waals surface area contributed by atoms with Crippen molar-refractivity contribution in [1.29, 1.82) is 0 Å². The molecule has 0 saturated carbocycles. The lowest BCUT2D eigenvalue weighted by Gasteiger charge is -2.31.